The second-order valence-electron chi connectivity index (χ2n) is 5.11. The molecule has 2 aliphatic heterocycles. The summed E-state index contributed by atoms with van der Waals surface area (Å²) in [7, 11) is 0. The van der Waals surface area contributed by atoms with Crippen molar-refractivity contribution in [2.45, 2.75) is 25.9 Å². The van der Waals surface area contributed by atoms with E-state index >= 15 is 0 Å². The zero-order chi connectivity index (χ0) is 16.1. The highest BCUT2D eigenvalue weighted by Gasteiger charge is 2.43. The third-order valence-electron chi connectivity index (χ3n) is 2.85. The van der Waals surface area contributed by atoms with Crippen LogP contribution < -0.4 is 9.47 Å². The van der Waals surface area contributed by atoms with E-state index in [9.17, 15) is 18.4 Å². The minimum atomic E-state index is -3.74. The van der Waals surface area contributed by atoms with Gasteiger partial charge in [0, 0.05) is 13.8 Å². The number of esters is 2. The Balaban J connectivity index is 1.91. The van der Waals surface area contributed by atoms with E-state index in [1.54, 1.807) is 0 Å². The van der Waals surface area contributed by atoms with Crippen LogP contribution in [0.2, 0.25) is 0 Å². The molecular weight excluding hydrogens is 302 g/mol. The number of carbonyl (C=O) groups excluding carboxylic acids is 2. The molecule has 1 aromatic carbocycles. The van der Waals surface area contributed by atoms with Crippen LogP contribution in [0.4, 0.5) is 8.78 Å². The fraction of sp³-hybridized carbons (Fsp3) is 0.286. The molecule has 2 aliphatic rings. The quantitative estimate of drug-likeness (QED) is 0.450. The maximum Gasteiger partial charge on any atom is 0.586 e. The van der Waals surface area contributed by atoms with Crippen molar-refractivity contribution in [2.75, 3.05) is 0 Å². The standard InChI is InChI=1S/C14H10F2O6/c1-13(2)21-11(17)8(12(18)22-13)5-7-3-4-9-10(6-7)20-14(15,16)19-9/h3-6H,1-2H3. The number of ether oxygens (including phenoxy) is 4. The summed E-state index contributed by atoms with van der Waals surface area (Å²) >= 11 is 0. The first-order valence-corrected chi connectivity index (χ1v) is 6.23. The number of alkyl halides is 2. The summed E-state index contributed by atoms with van der Waals surface area (Å²) in [5.41, 5.74) is -0.0615. The molecule has 22 heavy (non-hydrogen) atoms. The maximum absolute atomic E-state index is 12.9. The monoisotopic (exact) mass is 312 g/mol. The van der Waals surface area contributed by atoms with Gasteiger partial charge in [-0.15, -0.1) is 8.78 Å². The normalized spacial score (nSPS) is 21.2. The first-order valence-electron chi connectivity index (χ1n) is 6.23. The molecule has 1 saturated heterocycles. The Labute approximate surface area is 123 Å². The van der Waals surface area contributed by atoms with Crippen LogP contribution in [0.15, 0.2) is 23.8 Å². The number of carbonyl (C=O) groups is 2. The van der Waals surface area contributed by atoms with Crippen molar-refractivity contribution in [3.8, 4) is 11.5 Å². The van der Waals surface area contributed by atoms with Gasteiger partial charge in [0.25, 0.3) is 5.79 Å². The molecule has 6 nitrogen and oxygen atoms in total. The van der Waals surface area contributed by atoms with Gasteiger partial charge in [-0.05, 0) is 23.8 Å². The summed E-state index contributed by atoms with van der Waals surface area (Å²) in [5, 5.41) is 0. The SMILES string of the molecule is CC1(C)OC(=O)C(=Cc2ccc3c(c2)OC(F)(F)O3)C(=O)O1. The van der Waals surface area contributed by atoms with Crippen molar-refractivity contribution in [2.24, 2.45) is 0 Å². The Hall–Kier alpha value is -2.64. The lowest BCUT2D eigenvalue weighted by Crippen LogP contribution is -2.41. The number of cyclic esters (lactones) is 2. The number of hydrogen-bond acceptors (Lipinski definition) is 6. The molecule has 1 fully saturated rings. The summed E-state index contributed by atoms with van der Waals surface area (Å²) in [6.07, 6.45) is -2.57. The lowest BCUT2D eigenvalue weighted by atomic mass is 10.1. The van der Waals surface area contributed by atoms with Crippen molar-refractivity contribution in [3.63, 3.8) is 0 Å². The number of hydrogen-bond donors (Lipinski definition) is 0. The van der Waals surface area contributed by atoms with Crippen LogP contribution in [-0.4, -0.2) is 24.0 Å². The molecule has 0 bridgehead atoms. The maximum atomic E-state index is 12.9. The van der Waals surface area contributed by atoms with Gasteiger partial charge in [0.2, 0.25) is 0 Å². The molecule has 3 rings (SSSR count). The summed E-state index contributed by atoms with van der Waals surface area (Å²) < 4.78 is 44.3. The minimum Gasteiger partial charge on any atom is -0.419 e. The molecule has 8 heteroatoms. The predicted molar refractivity (Wildman–Crippen MR) is 66.9 cm³/mol. The summed E-state index contributed by atoms with van der Waals surface area (Å²) in [6.45, 7) is 2.84. The number of halogens is 2. The highest BCUT2D eigenvalue weighted by Crippen LogP contribution is 2.41. The van der Waals surface area contributed by atoms with Crippen LogP contribution in [0.25, 0.3) is 6.08 Å². The molecule has 0 aromatic heterocycles. The molecule has 0 amide bonds. The molecule has 116 valence electrons. The van der Waals surface area contributed by atoms with Crippen LogP contribution >= 0.6 is 0 Å². The van der Waals surface area contributed by atoms with E-state index in [-0.39, 0.29) is 22.6 Å². The van der Waals surface area contributed by atoms with Gasteiger partial charge in [-0.25, -0.2) is 9.59 Å². The van der Waals surface area contributed by atoms with Gasteiger partial charge >= 0.3 is 18.2 Å². The molecular formula is C14H10F2O6. The Bertz CT molecular complexity index is 685. The second kappa shape index (κ2) is 4.43. The van der Waals surface area contributed by atoms with Crippen molar-refractivity contribution < 1.29 is 37.3 Å². The molecule has 2 heterocycles. The van der Waals surface area contributed by atoms with Crippen molar-refractivity contribution >= 4 is 18.0 Å². The number of fused-ring (bicyclic) bond motifs is 1. The fourth-order valence-electron chi connectivity index (χ4n) is 2.00. The third-order valence-corrected chi connectivity index (χ3v) is 2.85. The highest BCUT2D eigenvalue weighted by molar-refractivity contribution is 6.18. The number of rotatable bonds is 1. The largest absolute Gasteiger partial charge is 0.586 e. The average molecular weight is 312 g/mol. The van der Waals surface area contributed by atoms with Gasteiger partial charge in [0.05, 0.1) is 0 Å². The van der Waals surface area contributed by atoms with Crippen molar-refractivity contribution in [1.82, 2.24) is 0 Å². The highest BCUT2D eigenvalue weighted by atomic mass is 19.3. The zero-order valence-electron chi connectivity index (χ0n) is 11.5. The summed E-state index contributed by atoms with van der Waals surface area (Å²) in [4.78, 5) is 23.6. The van der Waals surface area contributed by atoms with E-state index in [4.69, 9.17) is 9.47 Å². The first-order chi connectivity index (χ1) is 10.2. The average Bonchev–Trinajstić information content (AvgIpc) is 2.65. The Morgan fingerprint density at radius 3 is 2.18 bits per heavy atom. The van der Waals surface area contributed by atoms with Crippen LogP contribution in [0.5, 0.6) is 11.5 Å². The van der Waals surface area contributed by atoms with Crippen LogP contribution in [0.1, 0.15) is 19.4 Å². The fourth-order valence-corrected chi connectivity index (χ4v) is 2.00. The summed E-state index contributed by atoms with van der Waals surface area (Å²) in [6, 6.07) is 3.84. The molecule has 0 N–H and O–H groups in total. The molecule has 0 atom stereocenters. The van der Waals surface area contributed by atoms with Gasteiger partial charge in [-0.2, -0.15) is 0 Å². The van der Waals surface area contributed by atoms with Crippen LogP contribution in [0.3, 0.4) is 0 Å². The van der Waals surface area contributed by atoms with E-state index in [0.717, 1.165) is 0 Å². The predicted octanol–water partition coefficient (Wildman–Crippen LogP) is 2.23. The molecule has 0 saturated carbocycles. The van der Waals surface area contributed by atoms with E-state index in [1.807, 2.05) is 0 Å². The van der Waals surface area contributed by atoms with E-state index in [0.29, 0.717) is 0 Å². The smallest absolute Gasteiger partial charge is 0.419 e. The zero-order valence-corrected chi connectivity index (χ0v) is 11.5. The van der Waals surface area contributed by atoms with Crippen LogP contribution in [-0.2, 0) is 19.1 Å². The lowest BCUT2D eigenvalue weighted by Gasteiger charge is -2.29. The van der Waals surface area contributed by atoms with Gasteiger partial charge in [0.15, 0.2) is 11.5 Å². The Morgan fingerprint density at radius 1 is 0.955 bits per heavy atom. The molecule has 0 unspecified atom stereocenters. The summed E-state index contributed by atoms with van der Waals surface area (Å²) in [5.74, 6) is -3.39. The van der Waals surface area contributed by atoms with Gasteiger partial charge in [-0.3, -0.25) is 0 Å². The van der Waals surface area contributed by atoms with Crippen molar-refractivity contribution in [3.05, 3.63) is 29.3 Å². The topological polar surface area (TPSA) is 71.1 Å². The Kier molecular flexibility index (Phi) is 2.88. The minimum absolute atomic E-state index is 0.137. The van der Waals surface area contributed by atoms with E-state index in [2.05, 4.69) is 9.47 Å². The van der Waals surface area contributed by atoms with E-state index < -0.39 is 24.0 Å². The number of benzene rings is 1. The lowest BCUT2D eigenvalue weighted by molar-refractivity contribution is -0.286. The molecule has 0 radical (unpaired) electrons. The first kappa shape index (κ1) is 14.3. The van der Waals surface area contributed by atoms with Gasteiger partial charge < -0.3 is 18.9 Å². The molecule has 1 aromatic rings. The second-order valence-corrected chi connectivity index (χ2v) is 5.11. The van der Waals surface area contributed by atoms with Gasteiger partial charge in [0.1, 0.15) is 5.57 Å². The third kappa shape index (κ3) is 2.59. The molecule has 0 spiro atoms. The Morgan fingerprint density at radius 2 is 1.55 bits per heavy atom. The van der Waals surface area contributed by atoms with Crippen LogP contribution in [0, 0.1) is 0 Å². The molecule has 0 aliphatic carbocycles. The van der Waals surface area contributed by atoms with E-state index in [1.165, 1.54) is 38.1 Å². The van der Waals surface area contributed by atoms with Crippen molar-refractivity contribution in [1.29, 1.82) is 0 Å². The van der Waals surface area contributed by atoms with Gasteiger partial charge in [-0.1, -0.05) is 6.07 Å².